The third kappa shape index (κ3) is 3.22. The molecule has 0 aliphatic carbocycles. The van der Waals surface area contributed by atoms with Crippen LogP contribution in [-0.4, -0.2) is 0 Å². The Kier molecular flexibility index (Phi) is 5.23. The first-order valence-electron chi connectivity index (χ1n) is 9.06. The van der Waals surface area contributed by atoms with Crippen molar-refractivity contribution in [1.82, 2.24) is 0 Å². The second kappa shape index (κ2) is 7.81. The quantitative estimate of drug-likeness (QED) is 0.368. The molecule has 0 heterocycles. The molecule has 0 amide bonds. The smallest absolute Gasteiger partial charge is 0.0937 e. The summed E-state index contributed by atoms with van der Waals surface area (Å²) in [6.07, 6.45) is 0. The summed E-state index contributed by atoms with van der Waals surface area (Å²) in [5, 5.41) is 1.16. The molecule has 0 atom stereocenters. The van der Waals surface area contributed by atoms with Gasteiger partial charge in [-0.1, -0.05) is 120 Å². The van der Waals surface area contributed by atoms with Gasteiger partial charge in [0, 0.05) is 16.1 Å². The Hall–Kier alpha value is -2.58. The lowest BCUT2D eigenvalue weighted by Gasteiger charge is -2.33. The van der Waals surface area contributed by atoms with E-state index in [-0.39, 0.29) is 0 Å². The van der Waals surface area contributed by atoms with Crippen molar-refractivity contribution in [2.75, 3.05) is 0 Å². The van der Waals surface area contributed by atoms with E-state index in [1.54, 1.807) is 0 Å². The Morgan fingerprint density at radius 1 is 0.571 bits per heavy atom. The summed E-state index contributed by atoms with van der Waals surface area (Å²) < 4.78 is 0. The van der Waals surface area contributed by atoms with Gasteiger partial charge < -0.3 is 5.73 Å². The predicted molar refractivity (Wildman–Crippen MR) is 119 cm³/mol. The molecule has 0 saturated carbocycles. The van der Waals surface area contributed by atoms with Crippen LogP contribution in [0.4, 0.5) is 0 Å². The van der Waals surface area contributed by atoms with Gasteiger partial charge >= 0.3 is 0 Å². The van der Waals surface area contributed by atoms with E-state index in [1.165, 1.54) is 0 Å². The number of benzene rings is 4. The van der Waals surface area contributed by atoms with Crippen LogP contribution < -0.4 is 5.73 Å². The SMILES string of the molecule is NC(c1ccccc1)(c1ccccc1)c1ccc(Cl)c(-c2ccccc2)c1Cl. The van der Waals surface area contributed by atoms with Gasteiger partial charge in [-0.05, 0) is 22.8 Å². The average Bonchev–Trinajstić information content (AvgIpc) is 2.75. The van der Waals surface area contributed by atoms with E-state index in [9.17, 15) is 0 Å². The van der Waals surface area contributed by atoms with E-state index in [4.69, 9.17) is 28.9 Å². The molecule has 3 heteroatoms. The maximum absolute atomic E-state index is 7.13. The monoisotopic (exact) mass is 403 g/mol. The molecule has 0 aliphatic rings. The molecule has 0 spiro atoms. The van der Waals surface area contributed by atoms with Crippen LogP contribution in [0.15, 0.2) is 103 Å². The lowest BCUT2D eigenvalue weighted by atomic mass is 9.77. The molecule has 0 radical (unpaired) electrons. The zero-order valence-electron chi connectivity index (χ0n) is 15.1. The van der Waals surface area contributed by atoms with Crippen molar-refractivity contribution in [3.8, 4) is 11.1 Å². The number of hydrogen-bond donors (Lipinski definition) is 1. The third-order valence-electron chi connectivity index (χ3n) is 5.04. The summed E-state index contributed by atoms with van der Waals surface area (Å²) >= 11 is 13.5. The molecule has 0 fully saturated rings. The number of halogens is 2. The molecule has 0 aliphatic heterocycles. The molecular weight excluding hydrogens is 385 g/mol. The largest absolute Gasteiger partial charge is 0.314 e. The second-order valence-corrected chi connectivity index (χ2v) is 7.48. The average molecular weight is 404 g/mol. The van der Waals surface area contributed by atoms with Gasteiger partial charge in [0.05, 0.1) is 10.6 Å². The molecule has 4 aromatic rings. The maximum atomic E-state index is 7.13. The first kappa shape index (κ1) is 18.8. The molecule has 4 rings (SSSR count). The Morgan fingerprint density at radius 3 is 1.54 bits per heavy atom. The lowest BCUT2D eigenvalue weighted by Crippen LogP contribution is -2.39. The summed E-state index contributed by atoms with van der Waals surface area (Å²) in [5.74, 6) is 0. The van der Waals surface area contributed by atoms with E-state index in [0.29, 0.717) is 10.0 Å². The van der Waals surface area contributed by atoms with Crippen molar-refractivity contribution in [3.05, 3.63) is 130 Å². The number of nitrogens with two attached hydrogens (primary N) is 1. The maximum Gasteiger partial charge on any atom is 0.0937 e. The van der Waals surface area contributed by atoms with Crippen LogP contribution in [0.1, 0.15) is 16.7 Å². The van der Waals surface area contributed by atoms with E-state index in [0.717, 1.165) is 27.8 Å². The molecule has 0 bridgehead atoms. The van der Waals surface area contributed by atoms with Crippen LogP contribution >= 0.6 is 23.2 Å². The molecule has 4 aromatic carbocycles. The molecule has 0 saturated heterocycles. The molecule has 2 N–H and O–H groups in total. The van der Waals surface area contributed by atoms with Gasteiger partial charge in [0.1, 0.15) is 0 Å². The van der Waals surface area contributed by atoms with Crippen molar-refractivity contribution < 1.29 is 0 Å². The van der Waals surface area contributed by atoms with E-state index >= 15 is 0 Å². The van der Waals surface area contributed by atoms with E-state index in [1.807, 2.05) is 103 Å². The van der Waals surface area contributed by atoms with Crippen LogP contribution in [-0.2, 0) is 5.54 Å². The fourth-order valence-electron chi connectivity index (χ4n) is 3.61. The van der Waals surface area contributed by atoms with Crippen LogP contribution in [0.2, 0.25) is 10.0 Å². The van der Waals surface area contributed by atoms with Crippen LogP contribution in [0, 0.1) is 0 Å². The van der Waals surface area contributed by atoms with Crippen LogP contribution in [0.25, 0.3) is 11.1 Å². The Bertz CT molecular complexity index is 1040. The minimum atomic E-state index is -0.909. The van der Waals surface area contributed by atoms with Gasteiger partial charge in [0.15, 0.2) is 0 Å². The second-order valence-electron chi connectivity index (χ2n) is 6.69. The van der Waals surface area contributed by atoms with Crippen molar-refractivity contribution in [2.45, 2.75) is 5.54 Å². The summed E-state index contributed by atoms with van der Waals surface area (Å²) in [7, 11) is 0. The molecule has 138 valence electrons. The van der Waals surface area contributed by atoms with Crippen molar-refractivity contribution in [1.29, 1.82) is 0 Å². The van der Waals surface area contributed by atoms with Gasteiger partial charge in [0.25, 0.3) is 0 Å². The standard InChI is InChI=1S/C25H19Cl2N/c26-22-17-16-21(24(27)23(22)18-10-4-1-5-11-18)25(28,19-12-6-2-7-13-19)20-14-8-3-9-15-20/h1-17H,28H2. The van der Waals surface area contributed by atoms with Gasteiger partial charge in [-0.25, -0.2) is 0 Å². The molecule has 1 nitrogen and oxygen atoms in total. The Labute approximate surface area is 175 Å². The first-order chi connectivity index (χ1) is 13.6. The highest BCUT2D eigenvalue weighted by Crippen LogP contribution is 2.44. The predicted octanol–water partition coefficient (Wildman–Crippen LogP) is 6.91. The summed E-state index contributed by atoms with van der Waals surface area (Å²) in [6.45, 7) is 0. The van der Waals surface area contributed by atoms with Crippen molar-refractivity contribution >= 4 is 23.2 Å². The van der Waals surface area contributed by atoms with E-state index in [2.05, 4.69) is 0 Å². The zero-order chi connectivity index (χ0) is 19.6. The minimum Gasteiger partial charge on any atom is -0.314 e. The third-order valence-corrected chi connectivity index (χ3v) is 5.74. The highest BCUT2D eigenvalue weighted by atomic mass is 35.5. The normalized spacial score (nSPS) is 11.4. The van der Waals surface area contributed by atoms with Gasteiger partial charge in [0.2, 0.25) is 0 Å². The topological polar surface area (TPSA) is 26.0 Å². The lowest BCUT2D eigenvalue weighted by molar-refractivity contribution is 0.653. The number of hydrogen-bond acceptors (Lipinski definition) is 1. The van der Waals surface area contributed by atoms with Gasteiger partial charge in [-0.15, -0.1) is 0 Å². The van der Waals surface area contributed by atoms with Crippen molar-refractivity contribution in [2.24, 2.45) is 5.73 Å². The van der Waals surface area contributed by atoms with Crippen LogP contribution in [0.3, 0.4) is 0 Å². The van der Waals surface area contributed by atoms with Gasteiger partial charge in [-0.2, -0.15) is 0 Å². The molecule has 0 aromatic heterocycles. The fraction of sp³-hybridized carbons (Fsp3) is 0.0400. The summed E-state index contributed by atoms with van der Waals surface area (Å²) in [6, 6.07) is 33.7. The minimum absolute atomic E-state index is 0.564. The van der Waals surface area contributed by atoms with Crippen molar-refractivity contribution in [3.63, 3.8) is 0 Å². The Morgan fingerprint density at radius 2 is 1.04 bits per heavy atom. The Balaban J connectivity index is 2.02. The highest BCUT2D eigenvalue weighted by Gasteiger charge is 2.35. The molecule has 0 unspecified atom stereocenters. The fourth-order valence-corrected chi connectivity index (χ4v) is 4.34. The van der Waals surface area contributed by atoms with E-state index < -0.39 is 5.54 Å². The summed E-state index contributed by atoms with van der Waals surface area (Å²) in [4.78, 5) is 0. The molecular formula is C25H19Cl2N. The first-order valence-corrected chi connectivity index (χ1v) is 9.82. The zero-order valence-corrected chi connectivity index (χ0v) is 16.7. The highest BCUT2D eigenvalue weighted by molar-refractivity contribution is 6.39. The molecule has 28 heavy (non-hydrogen) atoms. The van der Waals surface area contributed by atoms with Crippen LogP contribution in [0.5, 0.6) is 0 Å². The van der Waals surface area contributed by atoms with Gasteiger partial charge in [-0.3, -0.25) is 0 Å². The summed E-state index contributed by atoms with van der Waals surface area (Å²) in [5.41, 5.74) is 10.7. The number of rotatable bonds is 4.